The Kier molecular flexibility index (Phi) is 4.11. The molecule has 1 N–H and O–H groups in total. The van der Waals surface area contributed by atoms with E-state index in [0.717, 1.165) is 5.69 Å². The molecule has 0 saturated carbocycles. The normalized spacial score (nSPS) is 10.1. The molecule has 0 aliphatic heterocycles. The minimum atomic E-state index is 0.249. The fraction of sp³-hybridized carbons (Fsp3) is 0.182. The van der Waals surface area contributed by atoms with Crippen LogP contribution in [0.1, 0.15) is 6.92 Å². The van der Waals surface area contributed by atoms with E-state index in [9.17, 15) is 0 Å². The fourth-order valence-corrected chi connectivity index (χ4v) is 1.71. The summed E-state index contributed by atoms with van der Waals surface area (Å²) in [7, 11) is 0. The maximum absolute atomic E-state index is 5.97. The zero-order valence-corrected chi connectivity index (χ0v) is 11.2. The van der Waals surface area contributed by atoms with Crippen molar-refractivity contribution in [3.63, 3.8) is 0 Å². The van der Waals surface area contributed by atoms with E-state index in [-0.39, 0.29) is 10.3 Å². The number of rotatable bonds is 3. The van der Waals surface area contributed by atoms with Crippen molar-refractivity contribution < 1.29 is 4.74 Å². The van der Waals surface area contributed by atoms with Gasteiger partial charge in [0.2, 0.25) is 0 Å². The number of ether oxygens (including phenoxy) is 1. The molecule has 2 aromatic heterocycles. The quantitative estimate of drug-likeness (QED) is 0.875. The maximum Gasteiger partial charge on any atom is 0.262 e. The SMILES string of the molecule is CCNC(=S)Oc1cn(-c2cccnc2)nc1Cl. The van der Waals surface area contributed by atoms with Gasteiger partial charge in [0.25, 0.3) is 5.17 Å². The first kappa shape index (κ1) is 12.8. The summed E-state index contributed by atoms with van der Waals surface area (Å²) in [6.45, 7) is 2.61. The molecule has 0 saturated heterocycles. The molecule has 0 fully saturated rings. The van der Waals surface area contributed by atoms with Gasteiger partial charge >= 0.3 is 0 Å². The summed E-state index contributed by atoms with van der Waals surface area (Å²) in [5.74, 6) is 0.409. The molecule has 0 spiro atoms. The zero-order chi connectivity index (χ0) is 13.0. The van der Waals surface area contributed by atoms with Gasteiger partial charge in [-0.1, -0.05) is 11.6 Å². The second kappa shape index (κ2) is 5.79. The van der Waals surface area contributed by atoms with Gasteiger partial charge in [-0.3, -0.25) is 4.98 Å². The van der Waals surface area contributed by atoms with Crippen molar-refractivity contribution in [1.82, 2.24) is 20.1 Å². The summed E-state index contributed by atoms with van der Waals surface area (Å²) in [6.07, 6.45) is 5.02. The molecule has 0 aliphatic rings. The summed E-state index contributed by atoms with van der Waals surface area (Å²) in [4.78, 5) is 4.01. The largest absolute Gasteiger partial charge is 0.427 e. The third kappa shape index (κ3) is 2.96. The highest BCUT2D eigenvalue weighted by Gasteiger charge is 2.11. The lowest BCUT2D eigenvalue weighted by Crippen LogP contribution is -2.25. The molecule has 5 nitrogen and oxygen atoms in total. The van der Waals surface area contributed by atoms with Crippen LogP contribution in [0.25, 0.3) is 5.69 Å². The summed E-state index contributed by atoms with van der Waals surface area (Å²) in [6, 6.07) is 3.68. The van der Waals surface area contributed by atoms with E-state index in [1.165, 1.54) is 0 Å². The molecule has 0 atom stereocenters. The molecule has 0 aromatic carbocycles. The van der Waals surface area contributed by atoms with Gasteiger partial charge in [0.15, 0.2) is 10.9 Å². The molecule has 0 amide bonds. The molecule has 2 rings (SSSR count). The summed E-state index contributed by atoms with van der Waals surface area (Å²) >= 11 is 11.0. The van der Waals surface area contributed by atoms with Gasteiger partial charge in [-0.05, 0) is 31.3 Å². The van der Waals surface area contributed by atoms with Crippen LogP contribution in [0.4, 0.5) is 0 Å². The minimum absolute atomic E-state index is 0.249. The first-order chi connectivity index (χ1) is 8.70. The van der Waals surface area contributed by atoms with E-state index in [4.69, 9.17) is 28.6 Å². The van der Waals surface area contributed by atoms with Gasteiger partial charge in [0, 0.05) is 12.7 Å². The first-order valence-electron chi connectivity index (χ1n) is 5.32. The maximum atomic E-state index is 5.97. The Morgan fingerprint density at radius 2 is 2.44 bits per heavy atom. The molecule has 0 unspecified atom stereocenters. The highest BCUT2D eigenvalue weighted by atomic mass is 35.5. The van der Waals surface area contributed by atoms with Crippen molar-refractivity contribution in [3.8, 4) is 11.4 Å². The highest BCUT2D eigenvalue weighted by Crippen LogP contribution is 2.24. The van der Waals surface area contributed by atoms with Crippen molar-refractivity contribution >= 4 is 29.0 Å². The Hall–Kier alpha value is -1.66. The van der Waals surface area contributed by atoms with Crippen LogP contribution in [0.5, 0.6) is 5.75 Å². The second-order valence-electron chi connectivity index (χ2n) is 3.36. The lowest BCUT2D eigenvalue weighted by atomic mass is 10.4. The van der Waals surface area contributed by atoms with Gasteiger partial charge in [-0.2, -0.15) is 5.10 Å². The van der Waals surface area contributed by atoms with Crippen molar-refractivity contribution in [2.75, 3.05) is 6.54 Å². The van der Waals surface area contributed by atoms with Crippen LogP contribution in [0.3, 0.4) is 0 Å². The second-order valence-corrected chi connectivity index (χ2v) is 4.09. The number of hydrogen-bond acceptors (Lipinski definition) is 4. The van der Waals surface area contributed by atoms with E-state index < -0.39 is 0 Å². The number of halogens is 1. The van der Waals surface area contributed by atoms with Crippen molar-refractivity contribution in [2.24, 2.45) is 0 Å². The Morgan fingerprint density at radius 3 is 3.11 bits per heavy atom. The van der Waals surface area contributed by atoms with Crippen molar-refractivity contribution in [3.05, 3.63) is 35.9 Å². The Morgan fingerprint density at radius 1 is 1.61 bits per heavy atom. The van der Waals surface area contributed by atoms with Crippen LogP contribution in [0, 0.1) is 0 Å². The van der Waals surface area contributed by atoms with Crippen molar-refractivity contribution in [1.29, 1.82) is 0 Å². The zero-order valence-electron chi connectivity index (χ0n) is 9.63. The monoisotopic (exact) mass is 282 g/mol. The first-order valence-corrected chi connectivity index (χ1v) is 6.10. The Bertz CT molecular complexity index is 543. The van der Waals surface area contributed by atoms with Gasteiger partial charge in [0.1, 0.15) is 0 Å². The van der Waals surface area contributed by atoms with Crippen LogP contribution in [-0.4, -0.2) is 26.5 Å². The van der Waals surface area contributed by atoms with Gasteiger partial charge < -0.3 is 10.1 Å². The van der Waals surface area contributed by atoms with Gasteiger partial charge in [-0.25, -0.2) is 4.68 Å². The summed E-state index contributed by atoms with van der Waals surface area (Å²) in [5, 5.41) is 7.51. The predicted octanol–water partition coefficient (Wildman–Crippen LogP) is 2.19. The summed E-state index contributed by atoms with van der Waals surface area (Å²) in [5.41, 5.74) is 0.795. The van der Waals surface area contributed by atoms with Gasteiger partial charge in [0.05, 0.1) is 18.1 Å². The third-order valence-electron chi connectivity index (χ3n) is 2.07. The van der Waals surface area contributed by atoms with Gasteiger partial charge in [-0.15, -0.1) is 0 Å². The lowest BCUT2D eigenvalue weighted by Gasteiger charge is -2.04. The Balaban J connectivity index is 2.20. The molecule has 2 heterocycles. The number of aromatic nitrogens is 3. The molecule has 0 aliphatic carbocycles. The number of hydrogen-bond donors (Lipinski definition) is 1. The molecule has 0 radical (unpaired) electrons. The average Bonchev–Trinajstić information content (AvgIpc) is 2.72. The topological polar surface area (TPSA) is 52.0 Å². The number of thiocarbonyl (C=S) groups is 1. The summed E-state index contributed by atoms with van der Waals surface area (Å²) < 4.78 is 6.95. The van der Waals surface area contributed by atoms with Crippen LogP contribution in [0.2, 0.25) is 5.15 Å². The van der Waals surface area contributed by atoms with E-state index >= 15 is 0 Å². The molecular weight excluding hydrogens is 272 g/mol. The highest BCUT2D eigenvalue weighted by molar-refractivity contribution is 7.80. The predicted molar refractivity (Wildman–Crippen MR) is 73.3 cm³/mol. The van der Waals surface area contributed by atoms with Crippen LogP contribution >= 0.6 is 23.8 Å². The third-order valence-corrected chi connectivity index (χ3v) is 2.56. The standard InChI is InChI=1S/C11H11ClN4OS/c1-2-14-11(18)17-9-7-16(15-10(9)12)8-4-3-5-13-6-8/h3-7H,2H2,1H3,(H,14,18). The fourth-order valence-electron chi connectivity index (χ4n) is 1.31. The van der Waals surface area contributed by atoms with E-state index in [1.54, 1.807) is 23.3 Å². The number of nitrogens with one attached hydrogen (secondary N) is 1. The smallest absolute Gasteiger partial charge is 0.262 e. The molecular formula is C11H11ClN4OS. The lowest BCUT2D eigenvalue weighted by molar-refractivity contribution is 0.535. The minimum Gasteiger partial charge on any atom is -0.427 e. The number of nitrogens with zero attached hydrogens (tertiary/aromatic N) is 3. The van der Waals surface area contributed by atoms with Crippen LogP contribution < -0.4 is 10.1 Å². The van der Waals surface area contributed by atoms with Crippen LogP contribution in [-0.2, 0) is 0 Å². The average molecular weight is 283 g/mol. The van der Waals surface area contributed by atoms with E-state index in [2.05, 4.69) is 15.4 Å². The Labute approximate surface area is 115 Å². The van der Waals surface area contributed by atoms with Crippen molar-refractivity contribution in [2.45, 2.75) is 6.92 Å². The molecule has 7 heteroatoms. The van der Waals surface area contributed by atoms with Crippen LogP contribution in [0.15, 0.2) is 30.7 Å². The molecule has 18 heavy (non-hydrogen) atoms. The molecule has 94 valence electrons. The van der Waals surface area contributed by atoms with E-state index in [0.29, 0.717) is 12.3 Å². The molecule has 0 bridgehead atoms. The van der Waals surface area contributed by atoms with E-state index in [1.807, 2.05) is 19.1 Å². The number of pyridine rings is 1. The molecule has 2 aromatic rings.